The number of fused-ring (bicyclic) bond motifs is 1. The fourth-order valence-electron chi connectivity index (χ4n) is 2.60. The van der Waals surface area contributed by atoms with Gasteiger partial charge in [0.15, 0.2) is 0 Å². The molecule has 0 atom stereocenters. The Bertz CT molecular complexity index is 651. The van der Waals surface area contributed by atoms with Crippen LogP contribution in [0.1, 0.15) is 16.9 Å². The van der Waals surface area contributed by atoms with E-state index < -0.39 is 0 Å². The maximum Gasteiger partial charge on any atom is 0.272 e. The molecule has 1 saturated heterocycles. The average molecular weight is 301 g/mol. The maximum atomic E-state index is 12.7. The van der Waals surface area contributed by atoms with Gasteiger partial charge in [0.2, 0.25) is 0 Å². The number of hydrogen-bond acceptors (Lipinski definition) is 4. The quantitative estimate of drug-likeness (QED) is 0.926. The molecule has 0 spiro atoms. The van der Waals surface area contributed by atoms with E-state index in [2.05, 4.69) is 10.3 Å². The summed E-state index contributed by atoms with van der Waals surface area (Å²) in [6, 6.07) is 9.77. The Labute approximate surface area is 128 Å². The first kappa shape index (κ1) is 14.2. The molecule has 0 unspecified atom stereocenters. The standard InChI is InChI=1S/C16H19N3OS/c1-17-14-11-15(18-13-6-3-2-5-12(13)14)16(20)19-7-4-9-21-10-8-19/h2-3,5-6,11H,4,7-10H2,1H3,(H,17,18). The molecule has 1 N–H and O–H groups in total. The van der Waals surface area contributed by atoms with Gasteiger partial charge in [0, 0.05) is 37.0 Å². The van der Waals surface area contributed by atoms with Crippen molar-refractivity contribution in [3.8, 4) is 0 Å². The van der Waals surface area contributed by atoms with Crippen LogP contribution in [0.5, 0.6) is 0 Å². The lowest BCUT2D eigenvalue weighted by Gasteiger charge is -2.20. The Morgan fingerprint density at radius 2 is 2.14 bits per heavy atom. The highest BCUT2D eigenvalue weighted by molar-refractivity contribution is 7.99. The van der Waals surface area contributed by atoms with Gasteiger partial charge >= 0.3 is 0 Å². The van der Waals surface area contributed by atoms with Gasteiger partial charge in [-0.15, -0.1) is 0 Å². The van der Waals surface area contributed by atoms with Crippen molar-refractivity contribution in [2.24, 2.45) is 0 Å². The highest BCUT2D eigenvalue weighted by Gasteiger charge is 2.19. The van der Waals surface area contributed by atoms with Crippen molar-refractivity contribution in [3.63, 3.8) is 0 Å². The molecule has 0 saturated carbocycles. The van der Waals surface area contributed by atoms with Crippen LogP contribution in [0.4, 0.5) is 5.69 Å². The van der Waals surface area contributed by atoms with Crippen LogP contribution in [0.15, 0.2) is 30.3 Å². The topological polar surface area (TPSA) is 45.2 Å². The maximum absolute atomic E-state index is 12.7. The van der Waals surface area contributed by atoms with Crippen LogP contribution in [0, 0.1) is 0 Å². The van der Waals surface area contributed by atoms with Gasteiger partial charge in [0.25, 0.3) is 5.91 Å². The number of thioether (sulfide) groups is 1. The van der Waals surface area contributed by atoms with Crippen LogP contribution < -0.4 is 5.32 Å². The van der Waals surface area contributed by atoms with E-state index in [4.69, 9.17) is 0 Å². The molecule has 0 aliphatic carbocycles. The molecule has 5 heteroatoms. The van der Waals surface area contributed by atoms with E-state index in [1.54, 1.807) is 0 Å². The molecule has 0 radical (unpaired) electrons. The molecule has 1 aromatic carbocycles. The number of carbonyl (C=O) groups is 1. The molecular weight excluding hydrogens is 282 g/mol. The molecule has 1 amide bonds. The summed E-state index contributed by atoms with van der Waals surface area (Å²) in [7, 11) is 1.87. The lowest BCUT2D eigenvalue weighted by Crippen LogP contribution is -2.33. The first-order chi connectivity index (χ1) is 10.3. The van der Waals surface area contributed by atoms with Crippen molar-refractivity contribution in [1.82, 2.24) is 9.88 Å². The SMILES string of the molecule is CNc1cc(C(=O)N2CCCSCC2)nc2ccccc12. The monoisotopic (exact) mass is 301 g/mol. The van der Waals surface area contributed by atoms with Crippen molar-refractivity contribution in [3.05, 3.63) is 36.0 Å². The highest BCUT2D eigenvalue weighted by Crippen LogP contribution is 2.23. The molecule has 0 bridgehead atoms. The third kappa shape index (κ3) is 2.97. The first-order valence-corrected chi connectivity index (χ1v) is 8.39. The van der Waals surface area contributed by atoms with Crippen LogP contribution in [0.3, 0.4) is 0 Å². The number of hydrogen-bond donors (Lipinski definition) is 1. The number of pyridine rings is 1. The van der Waals surface area contributed by atoms with Crippen molar-refractivity contribution >= 4 is 34.3 Å². The second-order valence-electron chi connectivity index (χ2n) is 5.08. The predicted octanol–water partition coefficient (Wildman–Crippen LogP) is 2.86. The second kappa shape index (κ2) is 6.35. The average Bonchev–Trinajstić information content (AvgIpc) is 2.82. The summed E-state index contributed by atoms with van der Waals surface area (Å²) < 4.78 is 0. The number of rotatable bonds is 2. The molecule has 1 aromatic heterocycles. The van der Waals surface area contributed by atoms with E-state index in [1.165, 1.54) is 0 Å². The molecule has 1 fully saturated rings. The molecule has 110 valence electrons. The van der Waals surface area contributed by atoms with Gasteiger partial charge in [0.1, 0.15) is 5.69 Å². The fourth-order valence-corrected chi connectivity index (χ4v) is 3.49. The minimum Gasteiger partial charge on any atom is -0.388 e. The molecule has 3 rings (SSSR count). The second-order valence-corrected chi connectivity index (χ2v) is 6.31. The minimum atomic E-state index is 0.0414. The Morgan fingerprint density at radius 1 is 1.29 bits per heavy atom. The number of anilines is 1. The highest BCUT2D eigenvalue weighted by atomic mass is 32.2. The van der Waals surface area contributed by atoms with Crippen LogP contribution in [0.2, 0.25) is 0 Å². The first-order valence-electron chi connectivity index (χ1n) is 7.24. The number of carbonyl (C=O) groups excluding carboxylic acids is 1. The van der Waals surface area contributed by atoms with E-state index in [1.807, 2.05) is 54.0 Å². The van der Waals surface area contributed by atoms with Crippen LogP contribution in [0.25, 0.3) is 10.9 Å². The Balaban J connectivity index is 1.97. The zero-order valence-electron chi connectivity index (χ0n) is 12.1. The van der Waals surface area contributed by atoms with Gasteiger partial charge in [-0.2, -0.15) is 11.8 Å². The third-order valence-corrected chi connectivity index (χ3v) is 4.76. The van der Waals surface area contributed by atoms with E-state index in [0.717, 1.165) is 47.6 Å². The number of aromatic nitrogens is 1. The zero-order chi connectivity index (χ0) is 14.7. The van der Waals surface area contributed by atoms with E-state index in [0.29, 0.717) is 5.69 Å². The van der Waals surface area contributed by atoms with Crippen molar-refractivity contribution in [2.45, 2.75) is 6.42 Å². The molecule has 4 nitrogen and oxygen atoms in total. The van der Waals surface area contributed by atoms with Crippen LogP contribution in [-0.4, -0.2) is 47.4 Å². The number of nitrogens with one attached hydrogen (secondary N) is 1. The Hall–Kier alpha value is -1.75. The fraction of sp³-hybridized carbons (Fsp3) is 0.375. The molecule has 1 aliphatic rings. The Morgan fingerprint density at radius 3 is 3.00 bits per heavy atom. The van der Waals surface area contributed by atoms with Gasteiger partial charge in [0.05, 0.1) is 5.52 Å². The number of para-hydroxylation sites is 1. The number of nitrogens with zero attached hydrogens (tertiary/aromatic N) is 2. The molecule has 21 heavy (non-hydrogen) atoms. The molecule has 2 heterocycles. The van der Waals surface area contributed by atoms with Crippen LogP contribution >= 0.6 is 11.8 Å². The van der Waals surface area contributed by atoms with E-state index >= 15 is 0 Å². The predicted molar refractivity (Wildman–Crippen MR) is 89.1 cm³/mol. The lowest BCUT2D eigenvalue weighted by molar-refractivity contribution is 0.0763. The van der Waals surface area contributed by atoms with Gasteiger partial charge in [-0.25, -0.2) is 4.98 Å². The molecule has 2 aromatic rings. The van der Waals surface area contributed by atoms with E-state index in [-0.39, 0.29) is 5.91 Å². The summed E-state index contributed by atoms with van der Waals surface area (Å²) in [5.74, 6) is 2.19. The van der Waals surface area contributed by atoms with Crippen molar-refractivity contribution in [2.75, 3.05) is 37.0 Å². The largest absolute Gasteiger partial charge is 0.388 e. The van der Waals surface area contributed by atoms with Gasteiger partial charge < -0.3 is 10.2 Å². The summed E-state index contributed by atoms with van der Waals surface area (Å²) in [5, 5.41) is 4.21. The normalized spacial score (nSPS) is 15.8. The summed E-state index contributed by atoms with van der Waals surface area (Å²) in [6.07, 6.45) is 1.06. The minimum absolute atomic E-state index is 0.0414. The summed E-state index contributed by atoms with van der Waals surface area (Å²) >= 11 is 1.92. The number of amides is 1. The van der Waals surface area contributed by atoms with E-state index in [9.17, 15) is 4.79 Å². The number of benzene rings is 1. The lowest BCUT2D eigenvalue weighted by atomic mass is 10.1. The van der Waals surface area contributed by atoms with Gasteiger partial charge in [-0.3, -0.25) is 4.79 Å². The summed E-state index contributed by atoms with van der Waals surface area (Å²) in [5.41, 5.74) is 2.34. The smallest absolute Gasteiger partial charge is 0.272 e. The third-order valence-electron chi connectivity index (χ3n) is 3.71. The van der Waals surface area contributed by atoms with Gasteiger partial charge in [-0.05, 0) is 24.3 Å². The summed E-state index contributed by atoms with van der Waals surface area (Å²) in [4.78, 5) is 19.2. The molecule has 1 aliphatic heterocycles. The van der Waals surface area contributed by atoms with Crippen molar-refractivity contribution in [1.29, 1.82) is 0 Å². The van der Waals surface area contributed by atoms with Crippen molar-refractivity contribution < 1.29 is 4.79 Å². The van der Waals surface area contributed by atoms with Crippen LogP contribution in [-0.2, 0) is 0 Å². The Kier molecular flexibility index (Phi) is 4.29. The van der Waals surface area contributed by atoms with Gasteiger partial charge in [-0.1, -0.05) is 18.2 Å². The molecular formula is C16H19N3OS. The zero-order valence-corrected chi connectivity index (χ0v) is 12.9. The summed E-state index contributed by atoms with van der Waals surface area (Å²) in [6.45, 7) is 1.64.